The summed E-state index contributed by atoms with van der Waals surface area (Å²) in [6.07, 6.45) is 3.63. The van der Waals surface area contributed by atoms with Crippen molar-refractivity contribution in [2.45, 2.75) is 32.6 Å². The Balaban J connectivity index is 2.00. The Morgan fingerprint density at radius 2 is 2.22 bits per heavy atom. The van der Waals surface area contributed by atoms with Gasteiger partial charge in [0.05, 0.1) is 4.88 Å². The molecular formula is C17H21N3O2S. The van der Waals surface area contributed by atoms with Crippen LogP contribution in [0.15, 0.2) is 18.3 Å². The molecule has 2 aromatic rings. The maximum Gasteiger partial charge on any atom is 0.259 e. The Morgan fingerprint density at radius 1 is 1.43 bits per heavy atom. The van der Waals surface area contributed by atoms with Crippen molar-refractivity contribution < 1.29 is 9.59 Å². The first-order valence-electron chi connectivity index (χ1n) is 7.95. The molecule has 1 fully saturated rings. The van der Waals surface area contributed by atoms with Gasteiger partial charge in [-0.05, 0) is 24.5 Å². The van der Waals surface area contributed by atoms with E-state index in [2.05, 4.69) is 4.98 Å². The van der Waals surface area contributed by atoms with Gasteiger partial charge in [-0.25, -0.2) is 4.98 Å². The zero-order valence-corrected chi connectivity index (χ0v) is 14.2. The van der Waals surface area contributed by atoms with Gasteiger partial charge >= 0.3 is 0 Å². The predicted octanol–water partition coefficient (Wildman–Crippen LogP) is 2.76. The number of likely N-dealkylation sites (tertiary alicyclic amines) is 1. The number of carbonyl (C=O) groups excluding carboxylic acids is 2. The molecule has 1 aliphatic rings. The number of thiophene rings is 1. The van der Waals surface area contributed by atoms with E-state index in [4.69, 9.17) is 5.73 Å². The fourth-order valence-corrected chi connectivity index (χ4v) is 4.40. The van der Waals surface area contributed by atoms with E-state index < -0.39 is 5.91 Å². The highest BCUT2D eigenvalue weighted by Gasteiger charge is 2.30. The first-order valence-corrected chi connectivity index (χ1v) is 8.76. The molecule has 6 heteroatoms. The van der Waals surface area contributed by atoms with Gasteiger partial charge in [0.1, 0.15) is 4.83 Å². The molecule has 1 aliphatic heterocycles. The lowest BCUT2D eigenvalue weighted by Crippen LogP contribution is -2.41. The van der Waals surface area contributed by atoms with Crippen LogP contribution >= 0.6 is 11.3 Å². The van der Waals surface area contributed by atoms with Gasteiger partial charge in [0, 0.05) is 36.5 Å². The molecule has 0 radical (unpaired) electrons. The normalized spacial score (nSPS) is 18.6. The summed E-state index contributed by atoms with van der Waals surface area (Å²) in [6.45, 7) is 5.28. The Labute approximate surface area is 139 Å². The maximum atomic E-state index is 12.3. The van der Waals surface area contributed by atoms with E-state index in [1.165, 1.54) is 11.3 Å². The van der Waals surface area contributed by atoms with Crippen LogP contribution in [0.25, 0.3) is 10.2 Å². The third kappa shape index (κ3) is 2.95. The highest BCUT2D eigenvalue weighted by molar-refractivity contribution is 7.20. The van der Waals surface area contributed by atoms with E-state index in [1.807, 2.05) is 30.9 Å². The number of rotatable bonds is 3. The number of nitrogens with zero attached hydrogens (tertiary/aromatic N) is 2. The standard InChI is InChI=1S/C17H21N3O2S/c1-10(2)17(22)20-8-4-5-11(9-20)13-12-6-3-7-19-16(12)23-14(13)15(18)21/h3,6-7,10-11H,4-5,8-9H2,1-2H3,(H2,18,21). The van der Waals surface area contributed by atoms with Crippen LogP contribution < -0.4 is 5.73 Å². The molecule has 0 aliphatic carbocycles. The fraction of sp³-hybridized carbons (Fsp3) is 0.471. The average molecular weight is 331 g/mol. The number of carbonyl (C=O) groups is 2. The summed E-state index contributed by atoms with van der Waals surface area (Å²) < 4.78 is 0. The van der Waals surface area contributed by atoms with E-state index >= 15 is 0 Å². The van der Waals surface area contributed by atoms with E-state index in [9.17, 15) is 9.59 Å². The summed E-state index contributed by atoms with van der Waals surface area (Å²) in [5, 5.41) is 0.996. The van der Waals surface area contributed by atoms with Gasteiger partial charge in [-0.2, -0.15) is 0 Å². The monoisotopic (exact) mass is 331 g/mol. The molecule has 1 saturated heterocycles. The van der Waals surface area contributed by atoms with Gasteiger partial charge in [0.25, 0.3) is 5.91 Å². The van der Waals surface area contributed by atoms with Crippen molar-refractivity contribution in [2.75, 3.05) is 13.1 Å². The molecular weight excluding hydrogens is 310 g/mol. The Hall–Kier alpha value is -1.95. The zero-order valence-electron chi connectivity index (χ0n) is 13.4. The number of aromatic nitrogens is 1. The number of fused-ring (bicyclic) bond motifs is 1. The minimum Gasteiger partial charge on any atom is -0.365 e. The highest BCUT2D eigenvalue weighted by Crippen LogP contribution is 2.39. The van der Waals surface area contributed by atoms with Crippen LogP contribution in [0.4, 0.5) is 0 Å². The lowest BCUT2D eigenvalue weighted by Gasteiger charge is -2.34. The third-order valence-electron chi connectivity index (χ3n) is 4.36. The molecule has 122 valence electrons. The van der Waals surface area contributed by atoms with E-state index in [0.29, 0.717) is 11.4 Å². The van der Waals surface area contributed by atoms with E-state index in [-0.39, 0.29) is 17.7 Å². The quantitative estimate of drug-likeness (QED) is 0.939. The van der Waals surface area contributed by atoms with Crippen molar-refractivity contribution >= 4 is 33.4 Å². The van der Waals surface area contributed by atoms with Gasteiger partial charge in [-0.15, -0.1) is 11.3 Å². The lowest BCUT2D eigenvalue weighted by atomic mass is 9.88. The smallest absolute Gasteiger partial charge is 0.259 e. The SMILES string of the molecule is CC(C)C(=O)N1CCCC(c2c(C(N)=O)sc3ncccc23)C1. The van der Waals surface area contributed by atoms with Crippen molar-refractivity contribution in [3.05, 3.63) is 28.8 Å². The summed E-state index contributed by atoms with van der Waals surface area (Å²) in [7, 11) is 0. The molecule has 3 rings (SSSR count). The van der Waals surface area contributed by atoms with Gasteiger partial charge in [0.2, 0.25) is 5.91 Å². The maximum absolute atomic E-state index is 12.3. The number of piperidine rings is 1. The largest absolute Gasteiger partial charge is 0.365 e. The van der Waals surface area contributed by atoms with Crippen molar-refractivity contribution in [1.82, 2.24) is 9.88 Å². The molecule has 23 heavy (non-hydrogen) atoms. The molecule has 2 amide bonds. The number of pyridine rings is 1. The second-order valence-electron chi connectivity index (χ2n) is 6.34. The van der Waals surface area contributed by atoms with Crippen molar-refractivity contribution in [1.29, 1.82) is 0 Å². The highest BCUT2D eigenvalue weighted by atomic mass is 32.1. The van der Waals surface area contributed by atoms with Crippen molar-refractivity contribution in [3.8, 4) is 0 Å². The Kier molecular flexibility index (Phi) is 4.35. The van der Waals surface area contributed by atoms with Gasteiger partial charge in [0.15, 0.2) is 0 Å². The molecule has 2 N–H and O–H groups in total. The van der Waals surface area contributed by atoms with Crippen LogP contribution in [-0.2, 0) is 4.79 Å². The van der Waals surface area contributed by atoms with Gasteiger partial charge in [-0.1, -0.05) is 19.9 Å². The summed E-state index contributed by atoms with van der Waals surface area (Å²) in [4.78, 5) is 31.9. The first-order chi connectivity index (χ1) is 11.0. The molecule has 5 nitrogen and oxygen atoms in total. The molecule has 1 unspecified atom stereocenters. The molecule has 0 bridgehead atoms. The number of hydrogen-bond acceptors (Lipinski definition) is 4. The molecule has 0 saturated carbocycles. The van der Waals surface area contributed by atoms with E-state index in [1.54, 1.807) is 6.20 Å². The minimum atomic E-state index is -0.407. The minimum absolute atomic E-state index is 0.00903. The van der Waals surface area contributed by atoms with Crippen LogP contribution in [0.5, 0.6) is 0 Å². The number of hydrogen-bond donors (Lipinski definition) is 1. The van der Waals surface area contributed by atoms with Crippen LogP contribution in [-0.4, -0.2) is 34.8 Å². The van der Waals surface area contributed by atoms with Crippen LogP contribution in [0.2, 0.25) is 0 Å². The fourth-order valence-electron chi connectivity index (χ4n) is 3.32. The Bertz CT molecular complexity index is 753. The van der Waals surface area contributed by atoms with Crippen LogP contribution in [0.1, 0.15) is 47.8 Å². The Morgan fingerprint density at radius 3 is 2.91 bits per heavy atom. The number of nitrogens with two attached hydrogens (primary N) is 1. The second kappa shape index (κ2) is 6.28. The van der Waals surface area contributed by atoms with Crippen molar-refractivity contribution in [3.63, 3.8) is 0 Å². The van der Waals surface area contributed by atoms with Crippen LogP contribution in [0, 0.1) is 5.92 Å². The molecule has 3 heterocycles. The topological polar surface area (TPSA) is 76.3 Å². The molecule has 2 aromatic heterocycles. The molecule has 0 aromatic carbocycles. The summed E-state index contributed by atoms with van der Waals surface area (Å²) >= 11 is 1.35. The molecule has 1 atom stereocenters. The van der Waals surface area contributed by atoms with Gasteiger partial charge < -0.3 is 10.6 Å². The summed E-state index contributed by atoms with van der Waals surface area (Å²) in [5.41, 5.74) is 6.57. The number of primary amides is 1. The summed E-state index contributed by atoms with van der Waals surface area (Å²) in [6, 6.07) is 3.87. The van der Waals surface area contributed by atoms with Crippen LogP contribution in [0.3, 0.4) is 0 Å². The van der Waals surface area contributed by atoms with Gasteiger partial charge in [-0.3, -0.25) is 9.59 Å². The van der Waals surface area contributed by atoms with Crippen molar-refractivity contribution in [2.24, 2.45) is 11.7 Å². The first kappa shape index (κ1) is 15.9. The average Bonchev–Trinajstić information content (AvgIpc) is 2.94. The zero-order chi connectivity index (χ0) is 16.6. The molecule has 0 spiro atoms. The number of amides is 2. The predicted molar refractivity (Wildman–Crippen MR) is 91.5 cm³/mol. The lowest BCUT2D eigenvalue weighted by molar-refractivity contribution is -0.135. The second-order valence-corrected chi connectivity index (χ2v) is 7.34. The summed E-state index contributed by atoms with van der Waals surface area (Å²) in [5.74, 6) is -0.0968. The van der Waals surface area contributed by atoms with E-state index in [0.717, 1.165) is 35.2 Å². The third-order valence-corrected chi connectivity index (χ3v) is 5.51.